The van der Waals surface area contributed by atoms with Crippen molar-refractivity contribution in [1.29, 1.82) is 0 Å². The highest BCUT2D eigenvalue weighted by atomic mass is 16.4. The maximum atomic E-state index is 10.9. The van der Waals surface area contributed by atoms with Gasteiger partial charge in [0.2, 0.25) is 0 Å². The van der Waals surface area contributed by atoms with Crippen LogP contribution in [-0.4, -0.2) is 11.1 Å². The van der Waals surface area contributed by atoms with E-state index in [1.165, 1.54) is 0 Å². The fourth-order valence-electron chi connectivity index (χ4n) is 2.00. The standard InChI is InChI=1S/C15H16N2O2/c16-8-10-1-3-11(4-2-10)14-6-5-12(15(18)19)7-13(14)9-17/h1-7H,8-9,16-17H2,(H,18,19). The smallest absolute Gasteiger partial charge is 0.335 e. The average molecular weight is 256 g/mol. The van der Waals surface area contributed by atoms with Gasteiger partial charge in [0.1, 0.15) is 0 Å². The normalized spacial score (nSPS) is 10.4. The molecule has 0 fully saturated rings. The molecule has 5 N–H and O–H groups in total. The highest BCUT2D eigenvalue weighted by Crippen LogP contribution is 2.25. The molecule has 0 unspecified atom stereocenters. The molecule has 0 aliphatic carbocycles. The average Bonchev–Trinajstić information content (AvgIpc) is 2.46. The Morgan fingerprint density at radius 2 is 1.68 bits per heavy atom. The summed E-state index contributed by atoms with van der Waals surface area (Å²) in [6.07, 6.45) is 0. The Hall–Kier alpha value is -2.17. The molecule has 0 radical (unpaired) electrons. The zero-order valence-corrected chi connectivity index (χ0v) is 10.5. The van der Waals surface area contributed by atoms with E-state index in [0.29, 0.717) is 13.1 Å². The first-order valence-corrected chi connectivity index (χ1v) is 6.01. The maximum absolute atomic E-state index is 10.9. The predicted molar refractivity (Wildman–Crippen MR) is 74.6 cm³/mol. The molecule has 4 nitrogen and oxygen atoms in total. The number of rotatable bonds is 4. The quantitative estimate of drug-likeness (QED) is 0.780. The minimum Gasteiger partial charge on any atom is -0.478 e. The molecular formula is C15H16N2O2. The molecular weight excluding hydrogens is 240 g/mol. The zero-order valence-electron chi connectivity index (χ0n) is 10.5. The topological polar surface area (TPSA) is 89.3 Å². The summed E-state index contributed by atoms with van der Waals surface area (Å²) in [5.74, 6) is -0.945. The van der Waals surface area contributed by atoms with Crippen molar-refractivity contribution in [3.05, 3.63) is 59.2 Å². The molecule has 0 saturated carbocycles. The van der Waals surface area contributed by atoms with Crippen LogP contribution in [0.2, 0.25) is 0 Å². The van der Waals surface area contributed by atoms with Gasteiger partial charge in [-0.1, -0.05) is 30.3 Å². The van der Waals surface area contributed by atoms with E-state index in [2.05, 4.69) is 0 Å². The molecule has 19 heavy (non-hydrogen) atoms. The summed E-state index contributed by atoms with van der Waals surface area (Å²) in [6, 6.07) is 12.9. The van der Waals surface area contributed by atoms with Crippen molar-refractivity contribution in [3.8, 4) is 11.1 Å². The lowest BCUT2D eigenvalue weighted by Crippen LogP contribution is -2.03. The van der Waals surface area contributed by atoms with Gasteiger partial charge in [0, 0.05) is 13.1 Å². The molecule has 0 atom stereocenters. The van der Waals surface area contributed by atoms with E-state index in [-0.39, 0.29) is 5.56 Å². The molecule has 2 aromatic carbocycles. The highest BCUT2D eigenvalue weighted by molar-refractivity contribution is 5.89. The largest absolute Gasteiger partial charge is 0.478 e. The monoisotopic (exact) mass is 256 g/mol. The van der Waals surface area contributed by atoms with Gasteiger partial charge in [-0.05, 0) is 34.4 Å². The van der Waals surface area contributed by atoms with Crippen LogP contribution < -0.4 is 11.5 Å². The van der Waals surface area contributed by atoms with Gasteiger partial charge in [-0.15, -0.1) is 0 Å². The summed E-state index contributed by atoms with van der Waals surface area (Å²) < 4.78 is 0. The third kappa shape index (κ3) is 2.81. The van der Waals surface area contributed by atoms with Crippen molar-refractivity contribution in [2.24, 2.45) is 11.5 Å². The number of benzene rings is 2. The fourth-order valence-corrected chi connectivity index (χ4v) is 2.00. The van der Waals surface area contributed by atoms with Gasteiger partial charge in [0.25, 0.3) is 0 Å². The number of carbonyl (C=O) groups is 1. The van der Waals surface area contributed by atoms with Crippen molar-refractivity contribution < 1.29 is 9.90 Å². The van der Waals surface area contributed by atoms with Crippen molar-refractivity contribution in [1.82, 2.24) is 0 Å². The number of carboxylic acids is 1. The van der Waals surface area contributed by atoms with Crippen molar-refractivity contribution >= 4 is 5.97 Å². The second-order valence-electron chi connectivity index (χ2n) is 4.28. The van der Waals surface area contributed by atoms with Gasteiger partial charge in [-0.25, -0.2) is 4.79 Å². The van der Waals surface area contributed by atoms with Crippen molar-refractivity contribution in [2.45, 2.75) is 13.1 Å². The summed E-state index contributed by atoms with van der Waals surface area (Å²) in [7, 11) is 0. The Labute approximate surface area is 111 Å². The lowest BCUT2D eigenvalue weighted by atomic mass is 9.96. The highest BCUT2D eigenvalue weighted by Gasteiger charge is 2.09. The minimum absolute atomic E-state index is 0.253. The van der Waals surface area contributed by atoms with E-state index in [1.54, 1.807) is 18.2 Å². The number of aromatic carboxylic acids is 1. The Kier molecular flexibility index (Phi) is 3.94. The van der Waals surface area contributed by atoms with Gasteiger partial charge in [0.15, 0.2) is 0 Å². The van der Waals surface area contributed by atoms with E-state index in [4.69, 9.17) is 16.6 Å². The van der Waals surface area contributed by atoms with E-state index in [9.17, 15) is 4.79 Å². The molecule has 98 valence electrons. The zero-order chi connectivity index (χ0) is 13.8. The summed E-state index contributed by atoms with van der Waals surface area (Å²) in [6.45, 7) is 0.803. The second kappa shape index (κ2) is 5.65. The first kappa shape index (κ1) is 13.3. The van der Waals surface area contributed by atoms with Crippen LogP contribution in [0.25, 0.3) is 11.1 Å². The lowest BCUT2D eigenvalue weighted by Gasteiger charge is -2.10. The van der Waals surface area contributed by atoms with Crippen LogP contribution in [0.1, 0.15) is 21.5 Å². The van der Waals surface area contributed by atoms with Gasteiger partial charge < -0.3 is 16.6 Å². The molecule has 0 aliphatic rings. The minimum atomic E-state index is -0.945. The molecule has 2 aromatic rings. The van der Waals surface area contributed by atoms with Crippen LogP contribution in [0.15, 0.2) is 42.5 Å². The number of carboxylic acid groups (broad SMARTS) is 1. The Bertz CT molecular complexity index is 592. The van der Waals surface area contributed by atoms with E-state index >= 15 is 0 Å². The first-order chi connectivity index (χ1) is 9.15. The van der Waals surface area contributed by atoms with E-state index in [1.807, 2.05) is 24.3 Å². The summed E-state index contributed by atoms with van der Waals surface area (Å²) in [5, 5.41) is 8.98. The molecule has 0 amide bonds. The molecule has 0 aromatic heterocycles. The Morgan fingerprint density at radius 1 is 1.00 bits per heavy atom. The third-order valence-electron chi connectivity index (χ3n) is 3.07. The van der Waals surface area contributed by atoms with E-state index in [0.717, 1.165) is 22.3 Å². The van der Waals surface area contributed by atoms with Crippen LogP contribution in [0.4, 0.5) is 0 Å². The molecule has 0 spiro atoms. The van der Waals surface area contributed by atoms with Gasteiger partial charge in [-0.2, -0.15) is 0 Å². The van der Waals surface area contributed by atoms with E-state index < -0.39 is 5.97 Å². The molecule has 4 heteroatoms. The van der Waals surface area contributed by atoms with Crippen molar-refractivity contribution in [2.75, 3.05) is 0 Å². The number of hydrogen-bond acceptors (Lipinski definition) is 3. The van der Waals surface area contributed by atoms with Gasteiger partial charge in [-0.3, -0.25) is 0 Å². The predicted octanol–water partition coefficient (Wildman–Crippen LogP) is 1.97. The molecule has 2 rings (SSSR count). The third-order valence-corrected chi connectivity index (χ3v) is 3.07. The van der Waals surface area contributed by atoms with Crippen LogP contribution in [0.3, 0.4) is 0 Å². The van der Waals surface area contributed by atoms with Crippen molar-refractivity contribution in [3.63, 3.8) is 0 Å². The Morgan fingerprint density at radius 3 is 2.21 bits per heavy atom. The van der Waals surface area contributed by atoms with Crippen LogP contribution in [-0.2, 0) is 13.1 Å². The molecule has 0 bridgehead atoms. The van der Waals surface area contributed by atoms with Crippen LogP contribution in [0, 0.1) is 0 Å². The maximum Gasteiger partial charge on any atom is 0.335 e. The van der Waals surface area contributed by atoms with Gasteiger partial charge in [0.05, 0.1) is 5.56 Å². The summed E-state index contributed by atoms with van der Waals surface area (Å²) >= 11 is 0. The summed E-state index contributed by atoms with van der Waals surface area (Å²) in [5.41, 5.74) is 15.4. The first-order valence-electron chi connectivity index (χ1n) is 6.01. The SMILES string of the molecule is NCc1ccc(-c2ccc(C(=O)O)cc2CN)cc1. The molecule has 0 aliphatic heterocycles. The molecule has 0 heterocycles. The number of nitrogens with two attached hydrogens (primary N) is 2. The van der Waals surface area contributed by atoms with Crippen LogP contribution in [0.5, 0.6) is 0 Å². The Balaban J connectivity index is 2.45. The molecule has 0 saturated heterocycles. The fraction of sp³-hybridized carbons (Fsp3) is 0.133. The van der Waals surface area contributed by atoms with Crippen LogP contribution >= 0.6 is 0 Å². The second-order valence-corrected chi connectivity index (χ2v) is 4.28. The van der Waals surface area contributed by atoms with Gasteiger partial charge >= 0.3 is 5.97 Å². The number of hydrogen-bond donors (Lipinski definition) is 3. The lowest BCUT2D eigenvalue weighted by molar-refractivity contribution is 0.0697. The summed E-state index contributed by atoms with van der Waals surface area (Å²) in [4.78, 5) is 10.9.